The van der Waals surface area contributed by atoms with E-state index < -0.39 is 0 Å². The van der Waals surface area contributed by atoms with Crippen LogP contribution in [0.15, 0.2) is 16.1 Å². The largest absolute Gasteiger partial charge is 0.383 e. The summed E-state index contributed by atoms with van der Waals surface area (Å²) in [6.07, 6.45) is 1.59. The minimum absolute atomic E-state index is 0.0359. The molecule has 1 aromatic heterocycles. The van der Waals surface area contributed by atoms with Crippen molar-refractivity contribution in [2.75, 3.05) is 19.5 Å². The molecule has 0 saturated heterocycles. The number of hydrogen-bond acceptors (Lipinski definition) is 5. The fourth-order valence-corrected chi connectivity index (χ4v) is 3.16. The summed E-state index contributed by atoms with van der Waals surface area (Å²) in [6.45, 7) is 4.49. The first kappa shape index (κ1) is 15.1. The lowest BCUT2D eigenvalue weighted by molar-refractivity contribution is -0.125. The number of carbonyl (C=O) groups is 1. The molecular formula is C13H19N3O3S. The van der Waals surface area contributed by atoms with Crippen molar-refractivity contribution in [2.24, 2.45) is 5.92 Å². The number of thioether (sulfide) groups is 1. The Balaban J connectivity index is 2.09. The second-order valence-corrected chi connectivity index (χ2v) is 6.00. The van der Waals surface area contributed by atoms with Gasteiger partial charge in [0.1, 0.15) is 0 Å². The molecule has 0 fully saturated rings. The normalized spacial score (nSPS) is 19.2. The molecule has 1 amide bonds. The van der Waals surface area contributed by atoms with Gasteiger partial charge in [-0.3, -0.25) is 14.2 Å². The van der Waals surface area contributed by atoms with Crippen LogP contribution >= 0.6 is 11.8 Å². The second kappa shape index (κ2) is 6.41. The lowest BCUT2D eigenvalue weighted by atomic mass is 10.1. The summed E-state index contributed by atoms with van der Waals surface area (Å²) in [5.41, 5.74) is 0.535. The van der Waals surface area contributed by atoms with Crippen molar-refractivity contribution in [1.82, 2.24) is 14.9 Å². The molecule has 6 nitrogen and oxygen atoms in total. The van der Waals surface area contributed by atoms with E-state index in [0.717, 1.165) is 0 Å². The highest BCUT2D eigenvalue weighted by molar-refractivity contribution is 7.99. The number of aryl methyl sites for hydroxylation is 1. The van der Waals surface area contributed by atoms with E-state index in [0.29, 0.717) is 29.6 Å². The molecule has 1 N–H and O–H groups in total. The SMILES string of the molecule is COC[C@@H](C)NC(=O)[C@H]1CSc2ncc(C)c(=O)n2C1. The van der Waals surface area contributed by atoms with Crippen molar-refractivity contribution in [1.29, 1.82) is 0 Å². The highest BCUT2D eigenvalue weighted by Gasteiger charge is 2.27. The number of carbonyl (C=O) groups excluding carboxylic acids is 1. The highest BCUT2D eigenvalue weighted by atomic mass is 32.2. The Hall–Kier alpha value is -1.34. The zero-order valence-electron chi connectivity index (χ0n) is 11.9. The molecule has 2 atom stereocenters. The van der Waals surface area contributed by atoms with E-state index in [1.165, 1.54) is 11.8 Å². The zero-order valence-corrected chi connectivity index (χ0v) is 12.7. The molecule has 1 aliphatic rings. The molecule has 7 heteroatoms. The average molecular weight is 297 g/mol. The molecular weight excluding hydrogens is 278 g/mol. The maximum Gasteiger partial charge on any atom is 0.257 e. The fourth-order valence-electron chi connectivity index (χ4n) is 2.11. The van der Waals surface area contributed by atoms with Gasteiger partial charge in [-0.05, 0) is 13.8 Å². The van der Waals surface area contributed by atoms with Crippen molar-refractivity contribution >= 4 is 17.7 Å². The highest BCUT2D eigenvalue weighted by Crippen LogP contribution is 2.24. The maximum atomic E-state index is 12.2. The maximum absolute atomic E-state index is 12.2. The molecule has 20 heavy (non-hydrogen) atoms. The molecule has 2 rings (SSSR count). The molecule has 0 aliphatic carbocycles. The summed E-state index contributed by atoms with van der Waals surface area (Å²) in [5, 5.41) is 3.59. The van der Waals surface area contributed by atoms with E-state index in [1.807, 2.05) is 6.92 Å². The summed E-state index contributed by atoms with van der Waals surface area (Å²) in [6, 6.07) is -0.0359. The van der Waals surface area contributed by atoms with E-state index in [1.54, 1.807) is 24.8 Å². The predicted molar refractivity (Wildman–Crippen MR) is 76.9 cm³/mol. The molecule has 0 spiro atoms. The van der Waals surface area contributed by atoms with Crippen molar-refractivity contribution in [3.63, 3.8) is 0 Å². The topological polar surface area (TPSA) is 73.2 Å². The van der Waals surface area contributed by atoms with Gasteiger partial charge in [0, 0.05) is 37.2 Å². The first-order valence-corrected chi connectivity index (χ1v) is 7.50. The van der Waals surface area contributed by atoms with E-state index in [-0.39, 0.29) is 23.4 Å². The van der Waals surface area contributed by atoms with E-state index in [9.17, 15) is 9.59 Å². The Morgan fingerprint density at radius 1 is 1.70 bits per heavy atom. The Morgan fingerprint density at radius 2 is 2.45 bits per heavy atom. The summed E-state index contributed by atoms with van der Waals surface area (Å²) in [7, 11) is 1.60. The van der Waals surface area contributed by atoms with Crippen LogP contribution in [-0.2, 0) is 16.1 Å². The van der Waals surface area contributed by atoms with Crippen molar-refractivity contribution in [3.05, 3.63) is 22.1 Å². The molecule has 0 unspecified atom stereocenters. The quantitative estimate of drug-likeness (QED) is 0.816. The molecule has 1 aromatic rings. The van der Waals surface area contributed by atoms with Gasteiger partial charge >= 0.3 is 0 Å². The van der Waals surface area contributed by atoms with Gasteiger partial charge in [-0.25, -0.2) is 4.98 Å². The summed E-state index contributed by atoms with van der Waals surface area (Å²) >= 11 is 1.45. The van der Waals surface area contributed by atoms with Crippen LogP contribution < -0.4 is 10.9 Å². The Bertz CT molecular complexity index is 558. The van der Waals surface area contributed by atoms with Gasteiger partial charge in [0.05, 0.1) is 12.5 Å². The summed E-state index contributed by atoms with van der Waals surface area (Å²) in [5.74, 6) is 0.385. The Labute approximate surface area is 121 Å². The summed E-state index contributed by atoms with van der Waals surface area (Å²) < 4.78 is 6.59. The van der Waals surface area contributed by atoms with Crippen LogP contribution in [0.1, 0.15) is 12.5 Å². The smallest absolute Gasteiger partial charge is 0.257 e. The third kappa shape index (κ3) is 3.21. The lowest BCUT2D eigenvalue weighted by Crippen LogP contribution is -2.44. The average Bonchev–Trinajstić information content (AvgIpc) is 2.43. The molecule has 0 radical (unpaired) electrons. The van der Waals surface area contributed by atoms with Crippen LogP contribution in [0.25, 0.3) is 0 Å². The van der Waals surface area contributed by atoms with Gasteiger partial charge in [-0.15, -0.1) is 0 Å². The first-order chi connectivity index (χ1) is 9.52. The minimum Gasteiger partial charge on any atom is -0.383 e. The molecule has 1 aliphatic heterocycles. The first-order valence-electron chi connectivity index (χ1n) is 6.51. The zero-order chi connectivity index (χ0) is 14.7. The van der Waals surface area contributed by atoms with E-state index in [4.69, 9.17) is 4.74 Å². The van der Waals surface area contributed by atoms with Crippen LogP contribution in [0, 0.1) is 12.8 Å². The van der Waals surface area contributed by atoms with Gasteiger partial charge in [-0.2, -0.15) is 0 Å². The minimum atomic E-state index is -0.215. The summed E-state index contributed by atoms with van der Waals surface area (Å²) in [4.78, 5) is 28.5. The lowest BCUT2D eigenvalue weighted by Gasteiger charge is -2.25. The van der Waals surface area contributed by atoms with Gasteiger partial charge in [-0.1, -0.05) is 11.8 Å². The number of nitrogens with zero attached hydrogens (tertiary/aromatic N) is 2. The van der Waals surface area contributed by atoms with Crippen LogP contribution in [0.3, 0.4) is 0 Å². The van der Waals surface area contributed by atoms with Gasteiger partial charge in [0.15, 0.2) is 5.16 Å². The van der Waals surface area contributed by atoms with Gasteiger partial charge < -0.3 is 10.1 Å². The third-order valence-electron chi connectivity index (χ3n) is 3.17. The fraction of sp³-hybridized carbons (Fsp3) is 0.615. The van der Waals surface area contributed by atoms with Gasteiger partial charge in [0.25, 0.3) is 5.56 Å². The monoisotopic (exact) mass is 297 g/mol. The molecule has 2 heterocycles. The van der Waals surface area contributed by atoms with Crippen LogP contribution in [0.2, 0.25) is 0 Å². The van der Waals surface area contributed by atoms with E-state index >= 15 is 0 Å². The number of amides is 1. The number of ether oxygens (including phenoxy) is 1. The number of aromatic nitrogens is 2. The van der Waals surface area contributed by atoms with Crippen LogP contribution in [-0.4, -0.2) is 41.0 Å². The number of hydrogen-bond donors (Lipinski definition) is 1. The van der Waals surface area contributed by atoms with Crippen LogP contribution in [0.4, 0.5) is 0 Å². The Kier molecular flexibility index (Phi) is 4.82. The molecule has 0 aromatic carbocycles. The number of methoxy groups -OCH3 is 1. The molecule has 0 bridgehead atoms. The Morgan fingerprint density at radius 3 is 3.15 bits per heavy atom. The van der Waals surface area contributed by atoms with Gasteiger partial charge in [0.2, 0.25) is 5.91 Å². The van der Waals surface area contributed by atoms with Crippen molar-refractivity contribution < 1.29 is 9.53 Å². The van der Waals surface area contributed by atoms with Crippen molar-refractivity contribution in [2.45, 2.75) is 31.6 Å². The van der Waals surface area contributed by atoms with Crippen molar-refractivity contribution in [3.8, 4) is 0 Å². The number of fused-ring (bicyclic) bond motifs is 1. The van der Waals surface area contributed by atoms with Crippen LogP contribution in [0.5, 0.6) is 0 Å². The third-order valence-corrected chi connectivity index (χ3v) is 4.33. The predicted octanol–water partition coefficient (Wildman–Crippen LogP) is 0.425. The molecule has 110 valence electrons. The molecule has 0 saturated carbocycles. The number of nitrogens with one attached hydrogen (secondary N) is 1. The standard InChI is InChI=1S/C13H19N3O3S/c1-8-4-14-13-16(12(8)18)5-10(7-20-13)11(17)15-9(2)6-19-3/h4,9-10H,5-7H2,1-3H3,(H,15,17)/t9-,10-/m1/s1. The second-order valence-electron chi connectivity index (χ2n) is 5.01. The van der Waals surface area contributed by atoms with E-state index in [2.05, 4.69) is 10.3 Å². The number of rotatable bonds is 4.